The maximum Gasteiger partial charge on any atom is 0.329 e. The monoisotopic (exact) mass is 382 g/mol. The van der Waals surface area contributed by atoms with Gasteiger partial charge in [0.15, 0.2) is 0 Å². The number of amides is 1. The Kier molecular flexibility index (Phi) is 4.94. The quantitative estimate of drug-likeness (QED) is 0.653. The summed E-state index contributed by atoms with van der Waals surface area (Å²) in [5.74, 6) is -1.55. The fraction of sp³-hybridized carbons (Fsp3) is 0.529. The van der Waals surface area contributed by atoms with Gasteiger partial charge in [0.2, 0.25) is 10.0 Å². The van der Waals surface area contributed by atoms with Crippen molar-refractivity contribution in [1.82, 2.24) is 10.0 Å². The standard InChI is InChI=1S/C17H22N2O6S/c1-25-13-7-4-11(10-14(13)26(23,24)19-12-5-6-12)15(20)18-17(16(21)22)8-2-3-9-17/h4,7,10,12,19H,2-3,5-6,8-9H2,1H3,(H,18,20)(H,21,22). The minimum absolute atomic E-state index is 0.0782. The van der Waals surface area contributed by atoms with Crippen LogP contribution in [0.2, 0.25) is 0 Å². The minimum Gasteiger partial charge on any atom is -0.495 e. The first-order valence-electron chi connectivity index (χ1n) is 8.54. The normalized spacial score (nSPS) is 19.1. The summed E-state index contributed by atoms with van der Waals surface area (Å²) < 4.78 is 32.7. The molecule has 0 atom stereocenters. The number of nitrogens with one attached hydrogen (secondary N) is 2. The molecule has 0 heterocycles. The van der Waals surface area contributed by atoms with Gasteiger partial charge >= 0.3 is 5.97 Å². The number of carbonyl (C=O) groups is 2. The van der Waals surface area contributed by atoms with Crippen LogP contribution in [0.4, 0.5) is 0 Å². The lowest BCUT2D eigenvalue weighted by molar-refractivity contribution is -0.144. The Morgan fingerprint density at radius 1 is 1.23 bits per heavy atom. The van der Waals surface area contributed by atoms with Crippen LogP contribution in [0.3, 0.4) is 0 Å². The molecule has 142 valence electrons. The molecule has 0 bridgehead atoms. The lowest BCUT2D eigenvalue weighted by Gasteiger charge is -2.25. The molecule has 1 aromatic carbocycles. The van der Waals surface area contributed by atoms with Gasteiger partial charge in [-0.1, -0.05) is 12.8 Å². The van der Waals surface area contributed by atoms with Crippen LogP contribution in [-0.2, 0) is 14.8 Å². The SMILES string of the molecule is COc1ccc(C(=O)NC2(C(=O)O)CCCC2)cc1S(=O)(=O)NC1CC1. The van der Waals surface area contributed by atoms with Crippen molar-refractivity contribution in [3.8, 4) is 5.75 Å². The number of sulfonamides is 1. The van der Waals surface area contributed by atoms with Crippen molar-refractivity contribution in [2.75, 3.05) is 7.11 Å². The van der Waals surface area contributed by atoms with Gasteiger partial charge < -0.3 is 15.2 Å². The molecule has 3 N–H and O–H groups in total. The number of hydrogen-bond donors (Lipinski definition) is 3. The largest absolute Gasteiger partial charge is 0.495 e. The van der Waals surface area contributed by atoms with Gasteiger partial charge in [-0.05, 0) is 43.9 Å². The molecule has 0 saturated heterocycles. The second-order valence-corrected chi connectivity index (χ2v) is 8.49. The Balaban J connectivity index is 1.89. The molecule has 8 nitrogen and oxygen atoms in total. The Bertz CT molecular complexity index is 826. The molecule has 0 aromatic heterocycles. The average Bonchev–Trinajstić information content (AvgIpc) is 3.27. The Morgan fingerprint density at radius 3 is 2.42 bits per heavy atom. The zero-order chi connectivity index (χ0) is 18.9. The second-order valence-electron chi connectivity index (χ2n) is 6.81. The molecular formula is C17H22N2O6S. The number of hydrogen-bond acceptors (Lipinski definition) is 5. The number of methoxy groups -OCH3 is 1. The molecule has 0 unspecified atom stereocenters. The molecule has 2 fully saturated rings. The van der Waals surface area contributed by atoms with Gasteiger partial charge in [-0.25, -0.2) is 17.9 Å². The highest BCUT2D eigenvalue weighted by Gasteiger charge is 2.43. The molecule has 1 aromatic rings. The number of carbonyl (C=O) groups excluding carboxylic acids is 1. The van der Waals surface area contributed by atoms with E-state index in [1.165, 1.54) is 25.3 Å². The Labute approximate surface area is 152 Å². The highest BCUT2D eigenvalue weighted by Crippen LogP contribution is 2.31. The van der Waals surface area contributed by atoms with E-state index in [1.807, 2.05) is 0 Å². The van der Waals surface area contributed by atoms with E-state index in [2.05, 4.69) is 10.0 Å². The van der Waals surface area contributed by atoms with Gasteiger partial charge in [0.25, 0.3) is 5.91 Å². The van der Waals surface area contributed by atoms with Crippen LogP contribution in [0.1, 0.15) is 48.9 Å². The lowest BCUT2D eigenvalue weighted by Crippen LogP contribution is -2.52. The number of ether oxygens (including phenoxy) is 1. The zero-order valence-corrected chi connectivity index (χ0v) is 15.3. The van der Waals surface area contributed by atoms with Crippen molar-refractivity contribution in [2.24, 2.45) is 0 Å². The molecule has 9 heteroatoms. The molecular weight excluding hydrogens is 360 g/mol. The van der Waals surface area contributed by atoms with E-state index in [0.717, 1.165) is 25.7 Å². The summed E-state index contributed by atoms with van der Waals surface area (Å²) in [5.41, 5.74) is -1.21. The molecule has 0 spiro atoms. The second kappa shape index (κ2) is 6.88. The van der Waals surface area contributed by atoms with Crippen molar-refractivity contribution in [3.05, 3.63) is 23.8 Å². The molecule has 0 radical (unpaired) electrons. The average molecular weight is 382 g/mol. The van der Waals surface area contributed by atoms with Gasteiger partial charge in [-0.2, -0.15) is 0 Å². The summed E-state index contributed by atoms with van der Waals surface area (Å²) >= 11 is 0. The Hall–Kier alpha value is -2.13. The first-order valence-corrected chi connectivity index (χ1v) is 10.0. The fourth-order valence-electron chi connectivity index (χ4n) is 3.17. The number of benzene rings is 1. The van der Waals surface area contributed by atoms with Gasteiger partial charge in [0, 0.05) is 11.6 Å². The van der Waals surface area contributed by atoms with E-state index < -0.39 is 27.4 Å². The van der Waals surface area contributed by atoms with Crippen LogP contribution < -0.4 is 14.8 Å². The first kappa shape index (κ1) is 18.7. The van der Waals surface area contributed by atoms with E-state index in [9.17, 15) is 23.1 Å². The predicted molar refractivity (Wildman–Crippen MR) is 92.6 cm³/mol. The highest BCUT2D eigenvalue weighted by atomic mass is 32.2. The van der Waals surface area contributed by atoms with Gasteiger partial charge in [0.05, 0.1) is 7.11 Å². The van der Waals surface area contributed by atoms with Crippen LogP contribution in [-0.4, -0.2) is 44.1 Å². The number of carboxylic acids is 1. The number of carboxylic acid groups (broad SMARTS) is 1. The molecule has 2 aliphatic carbocycles. The molecule has 2 aliphatic rings. The van der Waals surface area contributed by atoms with E-state index >= 15 is 0 Å². The van der Waals surface area contributed by atoms with Crippen LogP contribution in [0.25, 0.3) is 0 Å². The summed E-state index contributed by atoms with van der Waals surface area (Å²) in [5, 5.41) is 12.1. The van der Waals surface area contributed by atoms with Crippen molar-refractivity contribution in [3.63, 3.8) is 0 Å². The highest BCUT2D eigenvalue weighted by molar-refractivity contribution is 7.89. The first-order chi connectivity index (χ1) is 12.3. The van der Waals surface area contributed by atoms with Crippen LogP contribution >= 0.6 is 0 Å². The molecule has 0 aliphatic heterocycles. The Morgan fingerprint density at radius 2 is 1.88 bits per heavy atom. The van der Waals surface area contributed by atoms with E-state index in [4.69, 9.17) is 4.74 Å². The maximum atomic E-state index is 12.6. The van der Waals surface area contributed by atoms with Gasteiger partial charge in [-0.15, -0.1) is 0 Å². The van der Waals surface area contributed by atoms with Crippen LogP contribution in [0.15, 0.2) is 23.1 Å². The van der Waals surface area contributed by atoms with E-state index in [-0.39, 0.29) is 22.3 Å². The smallest absolute Gasteiger partial charge is 0.329 e. The fourth-order valence-corrected chi connectivity index (χ4v) is 4.67. The zero-order valence-electron chi connectivity index (χ0n) is 14.4. The van der Waals surface area contributed by atoms with Crippen LogP contribution in [0.5, 0.6) is 5.75 Å². The predicted octanol–water partition coefficient (Wildman–Crippen LogP) is 1.26. The maximum absolute atomic E-state index is 12.6. The van der Waals surface area contributed by atoms with Crippen LogP contribution in [0, 0.1) is 0 Å². The third-order valence-electron chi connectivity index (χ3n) is 4.83. The van der Waals surface area contributed by atoms with Crippen molar-refractivity contribution >= 4 is 21.9 Å². The summed E-state index contributed by atoms with van der Waals surface area (Å²) in [6, 6.07) is 3.97. The minimum atomic E-state index is -3.83. The van der Waals surface area contributed by atoms with Gasteiger partial charge in [0.1, 0.15) is 16.2 Å². The van der Waals surface area contributed by atoms with Crippen molar-refractivity contribution in [1.29, 1.82) is 0 Å². The summed E-state index contributed by atoms with van der Waals surface area (Å²) in [6.45, 7) is 0. The van der Waals surface area contributed by atoms with E-state index in [0.29, 0.717) is 12.8 Å². The van der Waals surface area contributed by atoms with Crippen molar-refractivity contribution < 1.29 is 27.9 Å². The summed E-state index contributed by atoms with van der Waals surface area (Å²) in [6.07, 6.45) is 3.73. The van der Waals surface area contributed by atoms with Crippen molar-refractivity contribution in [2.45, 2.75) is 55.0 Å². The van der Waals surface area contributed by atoms with Gasteiger partial charge in [-0.3, -0.25) is 4.79 Å². The third kappa shape index (κ3) is 3.68. The topological polar surface area (TPSA) is 122 Å². The van der Waals surface area contributed by atoms with E-state index in [1.54, 1.807) is 0 Å². The third-order valence-corrected chi connectivity index (χ3v) is 6.38. The number of aliphatic carboxylic acids is 1. The molecule has 1 amide bonds. The molecule has 3 rings (SSSR count). The summed E-state index contributed by atoms with van der Waals surface area (Å²) in [7, 11) is -2.48. The molecule has 2 saturated carbocycles. The molecule has 26 heavy (non-hydrogen) atoms. The lowest BCUT2D eigenvalue weighted by atomic mass is 9.97. The summed E-state index contributed by atoms with van der Waals surface area (Å²) in [4.78, 5) is 24.1. The number of rotatable bonds is 7.